The highest BCUT2D eigenvalue weighted by Crippen LogP contribution is 2.27. The molecular formula is C17H29N. The van der Waals surface area contributed by atoms with Crippen LogP contribution in [0.1, 0.15) is 50.3 Å². The van der Waals surface area contributed by atoms with Crippen molar-refractivity contribution in [2.45, 2.75) is 53.9 Å². The first-order chi connectivity index (χ1) is 8.44. The first-order valence-electron chi connectivity index (χ1n) is 7.21. The Morgan fingerprint density at radius 2 is 1.83 bits per heavy atom. The molecule has 0 bridgehead atoms. The van der Waals surface area contributed by atoms with Gasteiger partial charge in [0.1, 0.15) is 0 Å². The zero-order valence-electron chi connectivity index (χ0n) is 12.8. The van der Waals surface area contributed by atoms with Crippen molar-refractivity contribution in [1.82, 2.24) is 5.32 Å². The zero-order valence-corrected chi connectivity index (χ0v) is 12.8. The molecule has 1 heteroatoms. The minimum absolute atomic E-state index is 0.374. The number of rotatable bonds is 7. The Kier molecular flexibility index (Phi) is 5.87. The Balaban J connectivity index is 2.55. The second kappa shape index (κ2) is 6.94. The molecule has 0 heterocycles. The molecule has 0 aliphatic heterocycles. The largest absolute Gasteiger partial charge is 0.317 e. The molecular weight excluding hydrogens is 218 g/mol. The summed E-state index contributed by atoms with van der Waals surface area (Å²) < 4.78 is 0. The Morgan fingerprint density at radius 3 is 2.50 bits per heavy atom. The van der Waals surface area contributed by atoms with E-state index in [1.807, 2.05) is 0 Å². The van der Waals surface area contributed by atoms with Gasteiger partial charge in [-0.15, -0.1) is 0 Å². The van der Waals surface area contributed by atoms with Crippen LogP contribution in [0.15, 0.2) is 18.2 Å². The highest BCUT2D eigenvalue weighted by atomic mass is 14.8. The third-order valence-electron chi connectivity index (χ3n) is 3.58. The van der Waals surface area contributed by atoms with Gasteiger partial charge in [-0.05, 0) is 62.7 Å². The van der Waals surface area contributed by atoms with E-state index < -0.39 is 0 Å². The molecule has 0 aliphatic rings. The lowest BCUT2D eigenvalue weighted by molar-refractivity contribution is 0.325. The van der Waals surface area contributed by atoms with Gasteiger partial charge in [0.2, 0.25) is 0 Å². The van der Waals surface area contributed by atoms with Gasteiger partial charge in [0, 0.05) is 0 Å². The van der Waals surface area contributed by atoms with Crippen molar-refractivity contribution in [3.8, 4) is 0 Å². The van der Waals surface area contributed by atoms with Crippen molar-refractivity contribution >= 4 is 0 Å². The molecule has 0 atom stereocenters. The first kappa shape index (κ1) is 15.2. The van der Waals surface area contributed by atoms with Gasteiger partial charge >= 0.3 is 0 Å². The molecule has 1 rings (SSSR count). The van der Waals surface area contributed by atoms with E-state index in [0.717, 1.165) is 13.1 Å². The standard InChI is InChI=1S/C17H29N/c1-6-10-18-11-9-17(4,5)13-16-12-14(2)7-8-15(16)3/h7-8,12,18H,6,9-11,13H2,1-5H3. The fourth-order valence-electron chi connectivity index (χ4n) is 2.32. The molecule has 0 amide bonds. The van der Waals surface area contributed by atoms with Gasteiger partial charge in [-0.3, -0.25) is 0 Å². The van der Waals surface area contributed by atoms with Crippen molar-refractivity contribution in [2.24, 2.45) is 5.41 Å². The number of benzene rings is 1. The number of nitrogens with one attached hydrogen (secondary N) is 1. The maximum atomic E-state index is 3.50. The molecule has 0 fully saturated rings. The number of aryl methyl sites for hydroxylation is 2. The highest BCUT2D eigenvalue weighted by molar-refractivity contribution is 5.31. The molecule has 1 nitrogen and oxygen atoms in total. The number of hydrogen-bond donors (Lipinski definition) is 1. The van der Waals surface area contributed by atoms with E-state index in [-0.39, 0.29) is 0 Å². The predicted octanol–water partition coefficient (Wildman–Crippen LogP) is 4.26. The molecule has 0 unspecified atom stereocenters. The van der Waals surface area contributed by atoms with E-state index in [9.17, 15) is 0 Å². The van der Waals surface area contributed by atoms with E-state index in [4.69, 9.17) is 0 Å². The Morgan fingerprint density at radius 1 is 1.11 bits per heavy atom. The maximum absolute atomic E-state index is 3.50. The van der Waals surface area contributed by atoms with Crippen LogP contribution in [0.25, 0.3) is 0 Å². The fraction of sp³-hybridized carbons (Fsp3) is 0.647. The average molecular weight is 247 g/mol. The normalized spacial score (nSPS) is 11.8. The third kappa shape index (κ3) is 5.22. The van der Waals surface area contributed by atoms with E-state index in [0.29, 0.717) is 5.41 Å². The molecule has 102 valence electrons. The summed E-state index contributed by atoms with van der Waals surface area (Å²) in [6.07, 6.45) is 3.63. The van der Waals surface area contributed by atoms with Gasteiger partial charge in [0.15, 0.2) is 0 Å². The monoisotopic (exact) mass is 247 g/mol. The summed E-state index contributed by atoms with van der Waals surface area (Å²) in [5, 5.41) is 3.50. The maximum Gasteiger partial charge on any atom is -0.00437 e. The van der Waals surface area contributed by atoms with Crippen LogP contribution in [0.3, 0.4) is 0 Å². The van der Waals surface area contributed by atoms with Gasteiger partial charge in [-0.2, -0.15) is 0 Å². The summed E-state index contributed by atoms with van der Waals surface area (Å²) in [6, 6.07) is 6.79. The van der Waals surface area contributed by atoms with Gasteiger partial charge in [-0.25, -0.2) is 0 Å². The van der Waals surface area contributed by atoms with Crippen molar-refractivity contribution in [1.29, 1.82) is 0 Å². The molecule has 0 radical (unpaired) electrons. The zero-order chi connectivity index (χ0) is 13.6. The molecule has 0 saturated heterocycles. The predicted molar refractivity (Wildman–Crippen MR) is 81.2 cm³/mol. The fourth-order valence-corrected chi connectivity index (χ4v) is 2.32. The van der Waals surface area contributed by atoms with E-state index >= 15 is 0 Å². The summed E-state index contributed by atoms with van der Waals surface area (Å²) >= 11 is 0. The summed E-state index contributed by atoms with van der Waals surface area (Å²) in [5.74, 6) is 0. The van der Waals surface area contributed by atoms with Crippen LogP contribution in [0.2, 0.25) is 0 Å². The topological polar surface area (TPSA) is 12.0 Å². The van der Waals surface area contributed by atoms with Crippen molar-refractivity contribution in [2.75, 3.05) is 13.1 Å². The lowest BCUT2D eigenvalue weighted by atomic mass is 9.81. The summed E-state index contributed by atoms with van der Waals surface area (Å²) in [5.41, 5.74) is 4.68. The lowest BCUT2D eigenvalue weighted by Crippen LogP contribution is -2.24. The lowest BCUT2D eigenvalue weighted by Gasteiger charge is -2.26. The second-order valence-corrected chi connectivity index (χ2v) is 6.27. The van der Waals surface area contributed by atoms with Gasteiger partial charge in [0.05, 0.1) is 0 Å². The summed E-state index contributed by atoms with van der Waals surface area (Å²) in [6.45, 7) is 13.6. The molecule has 1 aromatic rings. The molecule has 1 aromatic carbocycles. The van der Waals surface area contributed by atoms with E-state index in [2.05, 4.69) is 58.1 Å². The minimum Gasteiger partial charge on any atom is -0.317 e. The van der Waals surface area contributed by atoms with Crippen LogP contribution < -0.4 is 5.32 Å². The van der Waals surface area contributed by atoms with Crippen molar-refractivity contribution < 1.29 is 0 Å². The average Bonchev–Trinajstić information content (AvgIpc) is 2.29. The number of hydrogen-bond acceptors (Lipinski definition) is 1. The van der Waals surface area contributed by atoms with Crippen LogP contribution >= 0.6 is 0 Å². The van der Waals surface area contributed by atoms with Crippen LogP contribution in [-0.2, 0) is 6.42 Å². The minimum atomic E-state index is 0.374. The third-order valence-corrected chi connectivity index (χ3v) is 3.58. The molecule has 1 N–H and O–H groups in total. The first-order valence-corrected chi connectivity index (χ1v) is 7.21. The molecule has 0 saturated carbocycles. The molecule has 0 aromatic heterocycles. The van der Waals surface area contributed by atoms with Crippen molar-refractivity contribution in [3.05, 3.63) is 34.9 Å². The van der Waals surface area contributed by atoms with Crippen LogP contribution in [0.5, 0.6) is 0 Å². The van der Waals surface area contributed by atoms with Gasteiger partial charge in [0.25, 0.3) is 0 Å². The second-order valence-electron chi connectivity index (χ2n) is 6.27. The highest BCUT2D eigenvalue weighted by Gasteiger charge is 2.18. The van der Waals surface area contributed by atoms with Gasteiger partial charge in [-0.1, -0.05) is 44.5 Å². The quantitative estimate of drug-likeness (QED) is 0.710. The van der Waals surface area contributed by atoms with Crippen LogP contribution in [0, 0.1) is 19.3 Å². The Bertz CT molecular complexity index is 366. The summed E-state index contributed by atoms with van der Waals surface area (Å²) in [4.78, 5) is 0. The molecule has 0 spiro atoms. The Hall–Kier alpha value is -0.820. The smallest absolute Gasteiger partial charge is 0.00437 e. The Labute approximate surface area is 113 Å². The molecule has 0 aliphatic carbocycles. The van der Waals surface area contributed by atoms with E-state index in [1.54, 1.807) is 0 Å². The van der Waals surface area contributed by atoms with Crippen LogP contribution in [0.4, 0.5) is 0 Å². The van der Waals surface area contributed by atoms with Crippen molar-refractivity contribution in [3.63, 3.8) is 0 Å². The SMILES string of the molecule is CCCNCCC(C)(C)Cc1cc(C)ccc1C. The van der Waals surface area contributed by atoms with E-state index in [1.165, 1.54) is 36.0 Å². The summed E-state index contributed by atoms with van der Waals surface area (Å²) in [7, 11) is 0. The molecule has 18 heavy (non-hydrogen) atoms. The van der Waals surface area contributed by atoms with Gasteiger partial charge < -0.3 is 5.32 Å². The van der Waals surface area contributed by atoms with Crippen LogP contribution in [-0.4, -0.2) is 13.1 Å².